The van der Waals surface area contributed by atoms with Crippen molar-refractivity contribution in [2.24, 2.45) is 5.92 Å². The first-order valence-corrected chi connectivity index (χ1v) is 7.84. The van der Waals surface area contributed by atoms with Crippen molar-refractivity contribution in [3.8, 4) is 0 Å². The van der Waals surface area contributed by atoms with E-state index in [1.54, 1.807) is 0 Å². The number of rotatable bonds is 3. The Balaban J connectivity index is 1.46. The molecule has 0 bridgehead atoms. The molecule has 3 rings (SSSR count). The summed E-state index contributed by atoms with van der Waals surface area (Å²) >= 11 is 0. The van der Waals surface area contributed by atoms with Gasteiger partial charge in [0.05, 0.1) is 0 Å². The molecule has 2 saturated carbocycles. The molecular weight excluding hydrogens is 208 g/mol. The topological polar surface area (TPSA) is 15.3 Å². The Labute approximate surface area is 106 Å². The predicted octanol–water partition coefficient (Wildman–Crippen LogP) is 2.78. The van der Waals surface area contributed by atoms with Crippen molar-refractivity contribution < 1.29 is 0 Å². The van der Waals surface area contributed by atoms with E-state index in [0.29, 0.717) is 5.54 Å². The molecule has 3 aliphatic rings. The molecule has 1 saturated heterocycles. The molecule has 17 heavy (non-hydrogen) atoms. The van der Waals surface area contributed by atoms with E-state index in [1.807, 2.05) is 0 Å². The Morgan fingerprint density at radius 1 is 1.06 bits per heavy atom. The lowest BCUT2D eigenvalue weighted by atomic mass is 9.94. The van der Waals surface area contributed by atoms with Crippen molar-refractivity contribution in [2.45, 2.75) is 63.3 Å². The van der Waals surface area contributed by atoms with Crippen molar-refractivity contribution in [1.82, 2.24) is 10.2 Å². The van der Waals surface area contributed by atoms with Gasteiger partial charge in [0, 0.05) is 25.2 Å². The zero-order chi connectivity index (χ0) is 11.6. The number of nitrogens with one attached hydrogen (secondary N) is 1. The average Bonchev–Trinajstić information content (AvgIpc) is 2.99. The van der Waals surface area contributed by atoms with E-state index in [2.05, 4.69) is 10.2 Å². The maximum absolute atomic E-state index is 3.81. The fourth-order valence-corrected chi connectivity index (χ4v) is 4.28. The van der Waals surface area contributed by atoms with Crippen LogP contribution in [0.4, 0.5) is 0 Å². The summed E-state index contributed by atoms with van der Waals surface area (Å²) in [5, 5.41) is 3.81. The molecule has 0 aromatic rings. The summed E-state index contributed by atoms with van der Waals surface area (Å²) in [6, 6.07) is 0. The summed E-state index contributed by atoms with van der Waals surface area (Å²) < 4.78 is 0. The van der Waals surface area contributed by atoms with Gasteiger partial charge in [0.25, 0.3) is 0 Å². The number of nitrogens with zero attached hydrogens (tertiary/aromatic N) is 1. The molecule has 1 N–H and O–H groups in total. The first-order chi connectivity index (χ1) is 8.36. The molecule has 3 fully saturated rings. The molecule has 2 aliphatic carbocycles. The third kappa shape index (κ3) is 2.85. The smallest absolute Gasteiger partial charge is 0.0309 e. The van der Waals surface area contributed by atoms with Gasteiger partial charge in [-0.05, 0) is 31.7 Å². The van der Waals surface area contributed by atoms with Gasteiger partial charge in [-0.1, -0.05) is 38.5 Å². The SMILES string of the molecule is C1CCC(CCN2CCNC3(CCCC3)C2)C1. The third-order valence-electron chi connectivity index (χ3n) is 5.34. The second-order valence-corrected chi connectivity index (χ2v) is 6.63. The van der Waals surface area contributed by atoms with Crippen LogP contribution in [0.3, 0.4) is 0 Å². The molecule has 0 radical (unpaired) electrons. The lowest BCUT2D eigenvalue weighted by Crippen LogP contribution is -2.59. The van der Waals surface area contributed by atoms with Gasteiger partial charge in [0.15, 0.2) is 0 Å². The van der Waals surface area contributed by atoms with Gasteiger partial charge >= 0.3 is 0 Å². The van der Waals surface area contributed by atoms with Crippen LogP contribution in [0.25, 0.3) is 0 Å². The van der Waals surface area contributed by atoms with Crippen molar-refractivity contribution in [3.05, 3.63) is 0 Å². The predicted molar refractivity (Wildman–Crippen MR) is 72.2 cm³/mol. The standard InChI is InChI=1S/C15H28N2/c1-2-6-14(5-1)7-11-17-12-10-16-15(13-17)8-3-4-9-15/h14,16H,1-13H2. The first kappa shape index (κ1) is 12.0. The molecule has 2 heteroatoms. The molecule has 1 spiro atoms. The van der Waals surface area contributed by atoms with E-state index in [9.17, 15) is 0 Å². The Morgan fingerprint density at radius 3 is 2.59 bits per heavy atom. The van der Waals surface area contributed by atoms with Gasteiger partial charge in [0.1, 0.15) is 0 Å². The number of piperazine rings is 1. The van der Waals surface area contributed by atoms with Gasteiger partial charge in [-0.2, -0.15) is 0 Å². The minimum absolute atomic E-state index is 0.522. The summed E-state index contributed by atoms with van der Waals surface area (Å²) in [6.07, 6.45) is 13.2. The average molecular weight is 236 g/mol. The zero-order valence-electron chi connectivity index (χ0n) is 11.2. The lowest BCUT2D eigenvalue weighted by molar-refractivity contribution is 0.128. The first-order valence-electron chi connectivity index (χ1n) is 7.84. The van der Waals surface area contributed by atoms with E-state index in [-0.39, 0.29) is 0 Å². The number of hydrogen-bond donors (Lipinski definition) is 1. The van der Waals surface area contributed by atoms with Crippen LogP contribution >= 0.6 is 0 Å². The van der Waals surface area contributed by atoms with Crippen LogP contribution < -0.4 is 5.32 Å². The van der Waals surface area contributed by atoms with E-state index in [0.717, 1.165) is 5.92 Å². The van der Waals surface area contributed by atoms with E-state index < -0.39 is 0 Å². The van der Waals surface area contributed by atoms with Crippen LogP contribution in [0.15, 0.2) is 0 Å². The fourth-order valence-electron chi connectivity index (χ4n) is 4.28. The molecule has 2 nitrogen and oxygen atoms in total. The Hall–Kier alpha value is -0.0800. The maximum Gasteiger partial charge on any atom is 0.0309 e. The number of hydrogen-bond acceptors (Lipinski definition) is 2. The second-order valence-electron chi connectivity index (χ2n) is 6.63. The largest absolute Gasteiger partial charge is 0.309 e. The highest BCUT2D eigenvalue weighted by atomic mass is 15.2. The van der Waals surface area contributed by atoms with Crippen LogP contribution in [-0.2, 0) is 0 Å². The highest BCUT2D eigenvalue weighted by Gasteiger charge is 2.37. The lowest BCUT2D eigenvalue weighted by Gasteiger charge is -2.42. The molecule has 0 amide bonds. The van der Waals surface area contributed by atoms with Crippen LogP contribution in [0.2, 0.25) is 0 Å². The van der Waals surface area contributed by atoms with Crippen LogP contribution in [0.1, 0.15) is 57.8 Å². The van der Waals surface area contributed by atoms with Crippen LogP contribution in [-0.4, -0.2) is 36.6 Å². The Kier molecular flexibility index (Phi) is 3.72. The third-order valence-corrected chi connectivity index (χ3v) is 5.34. The fraction of sp³-hybridized carbons (Fsp3) is 1.00. The second kappa shape index (κ2) is 5.27. The molecular formula is C15H28N2. The highest BCUT2D eigenvalue weighted by Crippen LogP contribution is 2.33. The van der Waals surface area contributed by atoms with E-state index in [4.69, 9.17) is 0 Å². The quantitative estimate of drug-likeness (QED) is 0.810. The minimum Gasteiger partial charge on any atom is -0.309 e. The summed E-state index contributed by atoms with van der Waals surface area (Å²) in [6.45, 7) is 5.22. The van der Waals surface area contributed by atoms with Crippen molar-refractivity contribution >= 4 is 0 Å². The van der Waals surface area contributed by atoms with Gasteiger partial charge in [-0.25, -0.2) is 0 Å². The monoisotopic (exact) mass is 236 g/mol. The van der Waals surface area contributed by atoms with Crippen molar-refractivity contribution in [3.63, 3.8) is 0 Å². The Bertz CT molecular complexity index is 239. The molecule has 1 aliphatic heterocycles. The van der Waals surface area contributed by atoms with Gasteiger partial charge in [0.2, 0.25) is 0 Å². The molecule has 0 aromatic carbocycles. The normalized spacial score (nSPS) is 30.4. The highest BCUT2D eigenvalue weighted by molar-refractivity contribution is 4.98. The van der Waals surface area contributed by atoms with E-state index >= 15 is 0 Å². The van der Waals surface area contributed by atoms with Gasteiger partial charge < -0.3 is 10.2 Å². The summed E-state index contributed by atoms with van der Waals surface area (Å²) in [4.78, 5) is 2.75. The summed E-state index contributed by atoms with van der Waals surface area (Å²) in [7, 11) is 0. The molecule has 0 unspecified atom stereocenters. The van der Waals surface area contributed by atoms with Crippen molar-refractivity contribution in [1.29, 1.82) is 0 Å². The molecule has 0 aromatic heterocycles. The minimum atomic E-state index is 0.522. The molecule has 0 atom stereocenters. The summed E-state index contributed by atoms with van der Waals surface area (Å²) in [5.74, 6) is 1.06. The van der Waals surface area contributed by atoms with E-state index in [1.165, 1.54) is 84.0 Å². The van der Waals surface area contributed by atoms with Gasteiger partial charge in [-0.3, -0.25) is 0 Å². The summed E-state index contributed by atoms with van der Waals surface area (Å²) in [5.41, 5.74) is 0.522. The maximum atomic E-state index is 3.81. The van der Waals surface area contributed by atoms with Gasteiger partial charge in [-0.15, -0.1) is 0 Å². The van der Waals surface area contributed by atoms with Crippen molar-refractivity contribution in [2.75, 3.05) is 26.2 Å². The molecule has 98 valence electrons. The molecule has 1 heterocycles. The van der Waals surface area contributed by atoms with Crippen LogP contribution in [0.5, 0.6) is 0 Å². The van der Waals surface area contributed by atoms with Crippen LogP contribution in [0, 0.1) is 5.92 Å². The Morgan fingerprint density at radius 2 is 1.82 bits per heavy atom. The zero-order valence-corrected chi connectivity index (χ0v) is 11.2.